The van der Waals surface area contributed by atoms with Crippen molar-refractivity contribution in [2.24, 2.45) is 0 Å². The van der Waals surface area contributed by atoms with E-state index in [4.69, 9.17) is 20.0 Å². The van der Waals surface area contributed by atoms with Gasteiger partial charge >= 0.3 is 0 Å². The van der Waals surface area contributed by atoms with Crippen molar-refractivity contribution in [2.45, 2.75) is 18.3 Å². The predicted octanol–water partition coefficient (Wildman–Crippen LogP) is 3.25. The second-order valence-corrected chi connectivity index (χ2v) is 6.99. The van der Waals surface area contributed by atoms with Crippen LogP contribution in [-0.4, -0.2) is 35.4 Å². The molecule has 1 saturated carbocycles. The smallest absolute Gasteiger partial charge is 0.237 e. The molecule has 1 aliphatic carbocycles. The van der Waals surface area contributed by atoms with Crippen molar-refractivity contribution in [3.8, 4) is 17.4 Å². The van der Waals surface area contributed by atoms with Crippen molar-refractivity contribution in [2.75, 3.05) is 24.3 Å². The van der Waals surface area contributed by atoms with Gasteiger partial charge in [0.25, 0.3) is 0 Å². The Morgan fingerprint density at radius 2 is 1.97 bits per heavy atom. The van der Waals surface area contributed by atoms with Crippen LogP contribution in [0, 0.1) is 0 Å². The van der Waals surface area contributed by atoms with Crippen molar-refractivity contribution in [1.82, 2.24) is 15.0 Å². The summed E-state index contributed by atoms with van der Waals surface area (Å²) >= 11 is 0. The number of benzene rings is 1. The maximum Gasteiger partial charge on any atom is 0.237 e. The van der Waals surface area contributed by atoms with Gasteiger partial charge in [0.2, 0.25) is 5.88 Å². The summed E-state index contributed by atoms with van der Waals surface area (Å²) in [5.41, 5.74) is 7.86. The topological polar surface area (TPSA) is 103 Å². The Morgan fingerprint density at radius 1 is 1.14 bits per heavy atom. The minimum atomic E-state index is 0.135. The lowest BCUT2D eigenvalue weighted by atomic mass is 9.97. The van der Waals surface area contributed by atoms with Crippen molar-refractivity contribution < 1.29 is 14.3 Å². The van der Waals surface area contributed by atoms with Gasteiger partial charge < -0.3 is 24.9 Å². The van der Waals surface area contributed by atoms with Crippen LogP contribution < -0.4 is 20.1 Å². The first-order valence-corrected chi connectivity index (χ1v) is 9.16. The van der Waals surface area contributed by atoms with Crippen LogP contribution in [-0.2, 0) is 10.2 Å². The van der Waals surface area contributed by atoms with Crippen LogP contribution >= 0.6 is 0 Å². The Bertz CT molecular complexity index is 1020. The zero-order valence-corrected chi connectivity index (χ0v) is 16.0. The van der Waals surface area contributed by atoms with E-state index in [0.717, 1.165) is 36.5 Å². The number of rotatable bonds is 4. The van der Waals surface area contributed by atoms with E-state index < -0.39 is 0 Å². The van der Waals surface area contributed by atoms with Gasteiger partial charge in [0.05, 0.1) is 24.7 Å². The number of hydrogen-bond acceptors (Lipinski definition) is 8. The number of anilines is 3. The monoisotopic (exact) mass is 391 g/mol. The van der Waals surface area contributed by atoms with Gasteiger partial charge in [-0.05, 0) is 37.1 Å². The number of nitrogens with zero attached hydrogens (tertiary/aromatic N) is 4. The van der Waals surface area contributed by atoms with Crippen molar-refractivity contribution in [3.05, 3.63) is 54.5 Å². The molecule has 0 unspecified atom stereocenters. The number of nitrogens with two attached hydrogens (primary N) is 1. The number of nitrogen functional groups attached to an aromatic ring is 1. The highest BCUT2D eigenvalue weighted by molar-refractivity contribution is 5.68. The molecule has 2 aliphatic rings. The fourth-order valence-electron chi connectivity index (χ4n) is 3.52. The van der Waals surface area contributed by atoms with E-state index in [2.05, 4.69) is 15.0 Å². The van der Waals surface area contributed by atoms with Crippen molar-refractivity contribution >= 4 is 24.1 Å². The minimum Gasteiger partial charge on any atom is -0.492 e. The molecule has 1 fully saturated rings. The highest BCUT2D eigenvalue weighted by atomic mass is 16.5. The average Bonchev–Trinajstić information content (AvgIpc) is 3.45. The van der Waals surface area contributed by atoms with Crippen LogP contribution in [0.3, 0.4) is 0 Å². The lowest BCUT2D eigenvalue weighted by molar-refractivity contribution is -0.0979. The standard InChI is InChI=1S/C20H19N5O2.CH2O/c1-25(19-13(21)4-3-9-22-19)16-10-24-17(11-23-16)27-15-6-2-5-14-18(15)20(7-8-20)12-26-14;1-2/h2-6,9-11H,7-8,12,21H2,1H3;1H2. The Hall–Kier alpha value is -3.68. The molecule has 3 aromatic rings. The van der Waals surface area contributed by atoms with Crippen LogP contribution in [0.5, 0.6) is 17.4 Å². The summed E-state index contributed by atoms with van der Waals surface area (Å²) in [5.74, 6) is 3.42. The fourth-order valence-corrected chi connectivity index (χ4v) is 3.52. The van der Waals surface area contributed by atoms with Gasteiger partial charge in [-0.2, -0.15) is 0 Å². The number of ether oxygens (including phenoxy) is 2. The summed E-state index contributed by atoms with van der Waals surface area (Å²) in [5, 5.41) is 0. The zero-order valence-electron chi connectivity index (χ0n) is 16.0. The summed E-state index contributed by atoms with van der Waals surface area (Å²) in [7, 11) is 1.85. The maximum absolute atomic E-state index is 8.00. The summed E-state index contributed by atoms with van der Waals surface area (Å²) in [6.07, 6.45) is 7.23. The Balaban J connectivity index is 0.000000994. The molecule has 2 N–H and O–H groups in total. The molecule has 0 radical (unpaired) electrons. The molecule has 0 saturated heterocycles. The minimum absolute atomic E-state index is 0.135. The lowest BCUT2D eigenvalue weighted by Crippen LogP contribution is -2.15. The lowest BCUT2D eigenvalue weighted by Gasteiger charge is -2.18. The summed E-state index contributed by atoms with van der Waals surface area (Å²) in [4.78, 5) is 22.9. The van der Waals surface area contributed by atoms with Crippen molar-refractivity contribution in [3.63, 3.8) is 0 Å². The molecule has 1 spiro atoms. The number of hydrogen-bond donors (Lipinski definition) is 1. The first-order chi connectivity index (χ1) is 14.2. The van der Waals surface area contributed by atoms with E-state index in [1.165, 1.54) is 0 Å². The van der Waals surface area contributed by atoms with Gasteiger partial charge in [-0.1, -0.05) is 6.07 Å². The largest absolute Gasteiger partial charge is 0.492 e. The first kappa shape index (κ1) is 18.7. The van der Waals surface area contributed by atoms with Gasteiger partial charge in [0.15, 0.2) is 11.6 Å². The molecule has 8 heteroatoms. The molecule has 29 heavy (non-hydrogen) atoms. The van der Waals surface area contributed by atoms with Crippen LogP contribution in [0.15, 0.2) is 48.9 Å². The fraction of sp³-hybridized carbons (Fsp3) is 0.238. The normalized spacial score (nSPS) is 14.9. The van der Waals surface area contributed by atoms with Gasteiger partial charge in [0.1, 0.15) is 18.3 Å². The molecule has 0 bridgehead atoms. The quantitative estimate of drug-likeness (QED) is 0.723. The third-order valence-electron chi connectivity index (χ3n) is 5.18. The predicted molar refractivity (Wildman–Crippen MR) is 109 cm³/mol. The molecular formula is C21H21N5O3. The molecule has 3 heterocycles. The molecule has 5 rings (SSSR count). The maximum atomic E-state index is 8.00. The number of carbonyl (C=O) groups excluding carboxylic acids is 1. The first-order valence-electron chi connectivity index (χ1n) is 9.16. The van der Waals surface area contributed by atoms with Crippen LogP contribution in [0.2, 0.25) is 0 Å². The van der Waals surface area contributed by atoms with E-state index in [-0.39, 0.29) is 5.41 Å². The van der Waals surface area contributed by atoms with Crippen LogP contribution in [0.1, 0.15) is 18.4 Å². The van der Waals surface area contributed by atoms with Crippen LogP contribution in [0.4, 0.5) is 17.3 Å². The highest BCUT2D eigenvalue weighted by Gasteiger charge is 2.52. The van der Waals surface area contributed by atoms with E-state index >= 15 is 0 Å². The van der Waals surface area contributed by atoms with E-state index in [1.54, 1.807) is 35.6 Å². The highest BCUT2D eigenvalue weighted by Crippen LogP contribution is 2.58. The van der Waals surface area contributed by atoms with Gasteiger partial charge in [-0.3, -0.25) is 0 Å². The van der Waals surface area contributed by atoms with Gasteiger partial charge in [0, 0.05) is 24.2 Å². The Labute approximate surface area is 168 Å². The molecule has 1 aromatic carbocycles. The SMILES string of the molecule is C=O.CN(c1cnc(Oc2cccc3c2C2(CC2)CO3)cn1)c1ncccc1N. The van der Waals surface area contributed by atoms with Crippen molar-refractivity contribution in [1.29, 1.82) is 0 Å². The number of aromatic nitrogens is 3. The average molecular weight is 391 g/mol. The summed E-state index contributed by atoms with van der Waals surface area (Å²) < 4.78 is 11.9. The Kier molecular flexibility index (Phi) is 4.75. The van der Waals surface area contributed by atoms with E-state index in [0.29, 0.717) is 23.2 Å². The second kappa shape index (κ2) is 7.38. The van der Waals surface area contributed by atoms with Gasteiger partial charge in [-0.15, -0.1) is 0 Å². The van der Waals surface area contributed by atoms with E-state index in [9.17, 15) is 0 Å². The van der Waals surface area contributed by atoms with Gasteiger partial charge in [-0.25, -0.2) is 15.0 Å². The molecular weight excluding hydrogens is 370 g/mol. The molecule has 148 valence electrons. The molecule has 8 nitrogen and oxygen atoms in total. The summed E-state index contributed by atoms with van der Waals surface area (Å²) in [6.45, 7) is 2.74. The third-order valence-corrected chi connectivity index (χ3v) is 5.18. The zero-order chi connectivity index (χ0) is 20.4. The molecule has 2 aromatic heterocycles. The molecule has 0 atom stereocenters. The molecule has 1 aliphatic heterocycles. The van der Waals surface area contributed by atoms with E-state index in [1.807, 2.05) is 32.0 Å². The summed E-state index contributed by atoms with van der Waals surface area (Å²) in [6, 6.07) is 9.49. The van der Waals surface area contributed by atoms with Crippen LogP contribution in [0.25, 0.3) is 0 Å². The Morgan fingerprint density at radius 3 is 2.66 bits per heavy atom. The number of pyridine rings is 1. The number of fused-ring (bicyclic) bond motifs is 2. The third kappa shape index (κ3) is 3.33. The number of carbonyl (C=O) groups is 1. The second-order valence-electron chi connectivity index (χ2n) is 6.99. The molecule has 0 amide bonds.